The normalized spacial score (nSPS) is 11.7. The second-order valence-corrected chi connectivity index (χ2v) is 4.44. The van der Waals surface area contributed by atoms with E-state index in [0.717, 1.165) is 12.4 Å². The lowest BCUT2D eigenvalue weighted by atomic mass is 9.94. The zero-order chi connectivity index (χ0) is 12.2. The van der Waals surface area contributed by atoms with Gasteiger partial charge in [-0.1, -0.05) is 6.92 Å². The number of carboxylic acid groups (broad SMARTS) is 1. The van der Waals surface area contributed by atoms with Crippen LogP contribution in [0, 0.1) is 5.41 Å². The zero-order valence-corrected chi connectivity index (χ0v) is 10.0. The molecule has 0 aliphatic rings. The third-order valence-electron chi connectivity index (χ3n) is 2.48. The number of imidazole rings is 1. The van der Waals surface area contributed by atoms with Gasteiger partial charge in [0.2, 0.25) is 0 Å². The number of aliphatic carboxylic acids is 1. The summed E-state index contributed by atoms with van der Waals surface area (Å²) in [4.78, 5) is 15.2. The maximum Gasteiger partial charge on any atom is 0.310 e. The van der Waals surface area contributed by atoms with Crippen molar-refractivity contribution in [2.75, 3.05) is 6.54 Å². The number of hydrogen-bond acceptors (Lipinski definition) is 3. The molecule has 90 valence electrons. The molecule has 0 atom stereocenters. The van der Waals surface area contributed by atoms with Gasteiger partial charge in [0, 0.05) is 18.9 Å². The molecule has 5 nitrogen and oxygen atoms in total. The highest BCUT2D eigenvalue weighted by atomic mass is 16.4. The van der Waals surface area contributed by atoms with Crippen molar-refractivity contribution in [3.05, 3.63) is 18.2 Å². The molecule has 0 fully saturated rings. The molecule has 0 bridgehead atoms. The van der Waals surface area contributed by atoms with E-state index in [-0.39, 0.29) is 0 Å². The van der Waals surface area contributed by atoms with Gasteiger partial charge in [-0.05, 0) is 20.4 Å². The van der Waals surface area contributed by atoms with Crippen LogP contribution < -0.4 is 5.32 Å². The summed E-state index contributed by atoms with van der Waals surface area (Å²) in [7, 11) is 0. The third kappa shape index (κ3) is 3.06. The van der Waals surface area contributed by atoms with E-state index < -0.39 is 11.4 Å². The van der Waals surface area contributed by atoms with E-state index in [1.165, 1.54) is 0 Å². The summed E-state index contributed by atoms with van der Waals surface area (Å²) in [5.41, 5.74) is -0.776. The van der Waals surface area contributed by atoms with Gasteiger partial charge in [-0.15, -0.1) is 0 Å². The minimum Gasteiger partial charge on any atom is -0.481 e. The standard InChI is InChI=1S/C11H19N3O2/c1-4-12-7-9-13-5-6-14(9)8-11(2,3)10(15)16/h5-6,12H,4,7-8H2,1-3H3,(H,15,16). The van der Waals surface area contributed by atoms with Gasteiger partial charge in [0.25, 0.3) is 0 Å². The van der Waals surface area contributed by atoms with Crippen LogP contribution in [-0.2, 0) is 17.9 Å². The molecule has 1 aromatic rings. The average Bonchev–Trinajstić information content (AvgIpc) is 2.61. The van der Waals surface area contributed by atoms with Crippen LogP contribution in [0.2, 0.25) is 0 Å². The molecule has 0 radical (unpaired) electrons. The molecule has 0 aliphatic heterocycles. The van der Waals surface area contributed by atoms with Crippen molar-refractivity contribution >= 4 is 5.97 Å². The highest BCUT2D eigenvalue weighted by molar-refractivity contribution is 5.73. The fourth-order valence-corrected chi connectivity index (χ4v) is 1.38. The number of carbonyl (C=O) groups is 1. The molecule has 0 unspecified atom stereocenters. The Bertz CT molecular complexity index is 358. The summed E-state index contributed by atoms with van der Waals surface area (Å²) in [5.74, 6) is 0.0757. The van der Waals surface area contributed by atoms with Crippen molar-refractivity contribution in [3.8, 4) is 0 Å². The van der Waals surface area contributed by atoms with Crippen molar-refractivity contribution in [1.29, 1.82) is 0 Å². The summed E-state index contributed by atoms with van der Waals surface area (Å²) in [6.07, 6.45) is 3.52. The van der Waals surface area contributed by atoms with Gasteiger partial charge in [-0.2, -0.15) is 0 Å². The van der Waals surface area contributed by atoms with Crippen molar-refractivity contribution in [2.24, 2.45) is 5.41 Å². The average molecular weight is 225 g/mol. The maximum atomic E-state index is 11.0. The summed E-state index contributed by atoms with van der Waals surface area (Å²) in [6, 6.07) is 0. The summed E-state index contributed by atoms with van der Waals surface area (Å²) >= 11 is 0. The Kier molecular flexibility index (Phi) is 4.06. The topological polar surface area (TPSA) is 67.2 Å². The van der Waals surface area contributed by atoms with Crippen LogP contribution in [0.5, 0.6) is 0 Å². The molecule has 1 aromatic heterocycles. The van der Waals surface area contributed by atoms with E-state index >= 15 is 0 Å². The Morgan fingerprint density at radius 2 is 2.31 bits per heavy atom. The lowest BCUT2D eigenvalue weighted by molar-refractivity contribution is -0.147. The van der Waals surface area contributed by atoms with E-state index in [4.69, 9.17) is 5.11 Å². The second kappa shape index (κ2) is 5.12. The highest BCUT2D eigenvalue weighted by Crippen LogP contribution is 2.19. The number of hydrogen-bond donors (Lipinski definition) is 2. The van der Waals surface area contributed by atoms with E-state index in [2.05, 4.69) is 10.3 Å². The van der Waals surface area contributed by atoms with E-state index in [0.29, 0.717) is 13.1 Å². The van der Waals surface area contributed by atoms with Gasteiger partial charge in [-0.3, -0.25) is 4.79 Å². The van der Waals surface area contributed by atoms with Crippen molar-refractivity contribution in [2.45, 2.75) is 33.9 Å². The Labute approximate surface area is 95.5 Å². The van der Waals surface area contributed by atoms with Gasteiger partial charge in [0.05, 0.1) is 12.0 Å². The van der Waals surface area contributed by atoms with E-state index in [9.17, 15) is 4.79 Å². The molecule has 0 aromatic carbocycles. The molecule has 0 spiro atoms. The molecule has 0 amide bonds. The van der Waals surface area contributed by atoms with Crippen LogP contribution in [0.15, 0.2) is 12.4 Å². The van der Waals surface area contributed by atoms with Crippen LogP contribution >= 0.6 is 0 Å². The Hall–Kier alpha value is -1.36. The van der Waals surface area contributed by atoms with Crippen LogP contribution in [0.4, 0.5) is 0 Å². The van der Waals surface area contributed by atoms with Gasteiger partial charge in [0.15, 0.2) is 0 Å². The molecule has 1 heterocycles. The fraction of sp³-hybridized carbons (Fsp3) is 0.636. The first-order chi connectivity index (χ1) is 7.47. The number of nitrogens with zero attached hydrogens (tertiary/aromatic N) is 2. The van der Waals surface area contributed by atoms with Gasteiger partial charge < -0.3 is 15.0 Å². The molecule has 0 saturated carbocycles. The van der Waals surface area contributed by atoms with Crippen molar-refractivity contribution in [3.63, 3.8) is 0 Å². The molecule has 0 saturated heterocycles. The van der Waals surface area contributed by atoms with Gasteiger partial charge in [-0.25, -0.2) is 4.98 Å². The number of rotatable bonds is 6. The smallest absolute Gasteiger partial charge is 0.310 e. The third-order valence-corrected chi connectivity index (χ3v) is 2.48. The molecule has 0 aliphatic carbocycles. The SMILES string of the molecule is CCNCc1nccn1CC(C)(C)C(=O)O. The fourth-order valence-electron chi connectivity index (χ4n) is 1.38. The molecule has 2 N–H and O–H groups in total. The molecular formula is C11H19N3O2. The van der Waals surface area contributed by atoms with E-state index in [1.807, 2.05) is 17.7 Å². The van der Waals surface area contributed by atoms with E-state index in [1.54, 1.807) is 20.0 Å². The first-order valence-electron chi connectivity index (χ1n) is 5.41. The monoisotopic (exact) mass is 225 g/mol. The number of nitrogens with one attached hydrogen (secondary N) is 1. The predicted octanol–water partition coefficient (Wildman–Crippen LogP) is 1.10. The van der Waals surface area contributed by atoms with Crippen LogP contribution in [0.3, 0.4) is 0 Å². The number of aromatic nitrogens is 2. The summed E-state index contributed by atoms with van der Waals surface area (Å²) in [6.45, 7) is 7.42. The molecule has 5 heteroatoms. The lowest BCUT2D eigenvalue weighted by Gasteiger charge is -2.20. The quantitative estimate of drug-likeness (QED) is 0.761. The van der Waals surface area contributed by atoms with Gasteiger partial charge >= 0.3 is 5.97 Å². The molecule has 16 heavy (non-hydrogen) atoms. The highest BCUT2D eigenvalue weighted by Gasteiger charge is 2.28. The largest absolute Gasteiger partial charge is 0.481 e. The van der Waals surface area contributed by atoms with Gasteiger partial charge in [0.1, 0.15) is 5.82 Å². The predicted molar refractivity (Wildman–Crippen MR) is 61.0 cm³/mol. The Morgan fingerprint density at radius 1 is 1.62 bits per heavy atom. The van der Waals surface area contributed by atoms with Crippen LogP contribution in [0.25, 0.3) is 0 Å². The minimum absolute atomic E-state index is 0.434. The zero-order valence-electron chi connectivity index (χ0n) is 10.0. The summed E-state index contributed by atoms with van der Waals surface area (Å²) in [5, 5.41) is 12.2. The Balaban J connectivity index is 2.73. The second-order valence-electron chi connectivity index (χ2n) is 4.44. The van der Waals surface area contributed by atoms with Crippen molar-refractivity contribution < 1.29 is 9.90 Å². The Morgan fingerprint density at radius 3 is 2.88 bits per heavy atom. The maximum absolute atomic E-state index is 11.0. The summed E-state index contributed by atoms with van der Waals surface area (Å²) < 4.78 is 1.89. The molecule has 1 rings (SSSR count). The minimum atomic E-state index is -0.796. The first-order valence-corrected chi connectivity index (χ1v) is 5.41. The first kappa shape index (κ1) is 12.7. The lowest BCUT2D eigenvalue weighted by Crippen LogP contribution is -2.30. The number of carboxylic acids is 1. The van der Waals surface area contributed by atoms with Crippen molar-refractivity contribution in [1.82, 2.24) is 14.9 Å². The van der Waals surface area contributed by atoms with Crippen LogP contribution in [-0.4, -0.2) is 27.2 Å². The van der Waals surface area contributed by atoms with Crippen LogP contribution in [0.1, 0.15) is 26.6 Å². The molecular weight excluding hydrogens is 206 g/mol.